The molecule has 3 N–H and O–H groups in total. The van der Waals surface area contributed by atoms with Crippen molar-refractivity contribution in [3.8, 4) is 0 Å². The van der Waals surface area contributed by atoms with E-state index < -0.39 is 0 Å². The van der Waals surface area contributed by atoms with E-state index in [-0.39, 0.29) is 5.91 Å². The largest absolute Gasteiger partial charge is 0.396 e. The first kappa shape index (κ1) is 15.5. The van der Waals surface area contributed by atoms with E-state index in [9.17, 15) is 4.79 Å². The molecule has 1 aromatic heterocycles. The molecule has 112 valence electrons. The Bertz CT molecular complexity index is 483. The van der Waals surface area contributed by atoms with Crippen LogP contribution >= 0.6 is 23.1 Å². The Morgan fingerprint density at radius 2 is 2.25 bits per heavy atom. The molecule has 0 atom stereocenters. The normalized spacial score (nSPS) is 14.9. The predicted molar refractivity (Wildman–Crippen MR) is 89.1 cm³/mol. The summed E-state index contributed by atoms with van der Waals surface area (Å²) in [6.45, 7) is 3.60. The summed E-state index contributed by atoms with van der Waals surface area (Å²) in [6, 6.07) is 0. The van der Waals surface area contributed by atoms with Gasteiger partial charge in [-0.2, -0.15) is 0 Å². The average molecular weight is 313 g/mol. The summed E-state index contributed by atoms with van der Waals surface area (Å²) in [5.74, 6) is 0.736. The van der Waals surface area contributed by atoms with Gasteiger partial charge in [0.15, 0.2) is 0 Å². The first-order chi connectivity index (χ1) is 9.58. The molecular weight excluding hydrogens is 290 g/mol. The van der Waals surface area contributed by atoms with Crippen LogP contribution in [-0.4, -0.2) is 32.3 Å². The van der Waals surface area contributed by atoms with Crippen molar-refractivity contribution in [1.29, 1.82) is 0 Å². The molecule has 0 bridgehead atoms. The smallest absolute Gasteiger partial charge is 0.263 e. The number of thioether (sulfide) groups is 1. The fourth-order valence-electron chi connectivity index (χ4n) is 2.42. The predicted octanol–water partition coefficient (Wildman–Crippen LogP) is 3.04. The van der Waals surface area contributed by atoms with Gasteiger partial charge in [0, 0.05) is 20.1 Å². The second-order valence-corrected chi connectivity index (χ2v) is 7.04. The third-order valence-electron chi connectivity index (χ3n) is 3.73. The number of thiophene rings is 1. The highest BCUT2D eigenvalue weighted by Crippen LogP contribution is 2.44. The molecule has 1 aliphatic carbocycles. The van der Waals surface area contributed by atoms with Crippen molar-refractivity contribution < 1.29 is 4.79 Å². The van der Waals surface area contributed by atoms with Crippen LogP contribution in [-0.2, 0) is 0 Å². The van der Waals surface area contributed by atoms with E-state index >= 15 is 0 Å². The van der Waals surface area contributed by atoms with Gasteiger partial charge in [0.1, 0.15) is 9.88 Å². The van der Waals surface area contributed by atoms with E-state index in [4.69, 9.17) is 5.73 Å². The summed E-state index contributed by atoms with van der Waals surface area (Å²) in [4.78, 5) is 16.0. The lowest BCUT2D eigenvalue weighted by Crippen LogP contribution is -2.29. The maximum Gasteiger partial charge on any atom is 0.263 e. The molecule has 6 heteroatoms. The van der Waals surface area contributed by atoms with Crippen LogP contribution in [0.4, 0.5) is 10.7 Å². The Hall–Kier alpha value is -0.880. The molecule has 1 aromatic rings. The molecule has 0 saturated heterocycles. The summed E-state index contributed by atoms with van der Waals surface area (Å²) < 4.78 is 0. The SMILES string of the molecule is CCNC(=O)c1sc(N(C)CC2CCC2)c(SC)c1N. The molecule has 1 aliphatic rings. The zero-order chi connectivity index (χ0) is 14.7. The van der Waals surface area contributed by atoms with Gasteiger partial charge < -0.3 is 16.0 Å². The Kier molecular flexibility index (Phi) is 5.21. The molecule has 0 unspecified atom stereocenters. The van der Waals surface area contributed by atoms with Crippen molar-refractivity contribution in [2.75, 3.05) is 37.0 Å². The van der Waals surface area contributed by atoms with Crippen molar-refractivity contribution in [1.82, 2.24) is 5.32 Å². The van der Waals surface area contributed by atoms with Crippen LogP contribution < -0.4 is 16.0 Å². The highest BCUT2D eigenvalue weighted by molar-refractivity contribution is 7.99. The Morgan fingerprint density at radius 3 is 2.75 bits per heavy atom. The van der Waals surface area contributed by atoms with Crippen LogP contribution in [0, 0.1) is 5.92 Å². The maximum atomic E-state index is 12.1. The maximum absolute atomic E-state index is 12.1. The molecule has 1 amide bonds. The lowest BCUT2D eigenvalue weighted by atomic mass is 9.85. The lowest BCUT2D eigenvalue weighted by Gasteiger charge is -2.31. The van der Waals surface area contributed by atoms with E-state index in [1.54, 1.807) is 11.8 Å². The summed E-state index contributed by atoms with van der Waals surface area (Å²) >= 11 is 3.13. The average Bonchev–Trinajstić information content (AvgIpc) is 2.71. The second-order valence-electron chi connectivity index (χ2n) is 5.22. The van der Waals surface area contributed by atoms with Crippen LogP contribution in [0.3, 0.4) is 0 Å². The molecule has 0 radical (unpaired) electrons. The number of carbonyl (C=O) groups is 1. The number of nitrogens with one attached hydrogen (secondary N) is 1. The van der Waals surface area contributed by atoms with E-state index in [0.717, 1.165) is 22.4 Å². The number of nitrogens with zero attached hydrogens (tertiary/aromatic N) is 1. The summed E-state index contributed by atoms with van der Waals surface area (Å²) in [5.41, 5.74) is 6.79. The highest BCUT2D eigenvalue weighted by atomic mass is 32.2. The van der Waals surface area contributed by atoms with Gasteiger partial charge in [0.25, 0.3) is 5.91 Å². The number of nitrogens with two attached hydrogens (primary N) is 1. The minimum atomic E-state index is -0.0615. The van der Waals surface area contributed by atoms with Crippen LogP contribution in [0.15, 0.2) is 4.90 Å². The monoisotopic (exact) mass is 313 g/mol. The van der Waals surface area contributed by atoms with Crippen molar-refractivity contribution in [2.24, 2.45) is 5.92 Å². The third kappa shape index (κ3) is 3.06. The quantitative estimate of drug-likeness (QED) is 0.793. The Labute approximate surface area is 129 Å². The minimum Gasteiger partial charge on any atom is -0.396 e. The first-order valence-corrected chi connectivity index (χ1v) is 9.08. The zero-order valence-electron chi connectivity index (χ0n) is 12.4. The highest BCUT2D eigenvalue weighted by Gasteiger charge is 2.25. The molecule has 20 heavy (non-hydrogen) atoms. The molecule has 1 heterocycles. The Balaban J connectivity index is 2.22. The van der Waals surface area contributed by atoms with Gasteiger partial charge in [-0.1, -0.05) is 6.42 Å². The summed E-state index contributed by atoms with van der Waals surface area (Å²) in [5, 5.41) is 3.96. The number of nitrogen functional groups attached to an aromatic ring is 1. The van der Waals surface area contributed by atoms with E-state index in [1.807, 2.05) is 13.2 Å². The van der Waals surface area contributed by atoms with Gasteiger partial charge >= 0.3 is 0 Å². The molecule has 2 rings (SSSR count). The van der Waals surface area contributed by atoms with Crippen LogP contribution in [0.1, 0.15) is 35.9 Å². The van der Waals surface area contributed by atoms with Gasteiger partial charge in [-0.05, 0) is 31.9 Å². The van der Waals surface area contributed by atoms with Gasteiger partial charge in [0.2, 0.25) is 0 Å². The number of anilines is 2. The molecule has 1 saturated carbocycles. The van der Waals surface area contributed by atoms with Crippen LogP contribution in [0.25, 0.3) is 0 Å². The zero-order valence-corrected chi connectivity index (χ0v) is 14.0. The van der Waals surface area contributed by atoms with E-state index in [2.05, 4.69) is 17.3 Å². The minimum absolute atomic E-state index is 0.0615. The first-order valence-electron chi connectivity index (χ1n) is 7.04. The number of carbonyl (C=O) groups excluding carboxylic acids is 1. The second kappa shape index (κ2) is 6.72. The number of hydrogen-bond acceptors (Lipinski definition) is 5. The number of amides is 1. The molecule has 0 aliphatic heterocycles. The van der Waals surface area contributed by atoms with E-state index in [0.29, 0.717) is 17.1 Å². The molecule has 0 aromatic carbocycles. The topological polar surface area (TPSA) is 58.4 Å². The van der Waals surface area contributed by atoms with Gasteiger partial charge in [0.05, 0.1) is 10.6 Å². The molecule has 0 spiro atoms. The van der Waals surface area contributed by atoms with Crippen molar-refractivity contribution in [3.05, 3.63) is 4.88 Å². The van der Waals surface area contributed by atoms with Crippen LogP contribution in [0.2, 0.25) is 0 Å². The third-order valence-corrected chi connectivity index (χ3v) is 6.00. The van der Waals surface area contributed by atoms with Crippen molar-refractivity contribution >= 4 is 39.7 Å². The van der Waals surface area contributed by atoms with Crippen molar-refractivity contribution in [2.45, 2.75) is 31.1 Å². The van der Waals surface area contributed by atoms with Crippen LogP contribution in [0.5, 0.6) is 0 Å². The fourth-order valence-corrected chi connectivity index (χ4v) is 4.52. The summed E-state index contributed by atoms with van der Waals surface area (Å²) in [7, 11) is 2.10. The fraction of sp³-hybridized carbons (Fsp3) is 0.643. The van der Waals surface area contributed by atoms with Gasteiger partial charge in [-0.25, -0.2) is 0 Å². The number of hydrogen-bond donors (Lipinski definition) is 2. The summed E-state index contributed by atoms with van der Waals surface area (Å²) in [6.07, 6.45) is 6.01. The Morgan fingerprint density at radius 1 is 1.55 bits per heavy atom. The standard InChI is InChI=1S/C14H23N3OS2/c1-4-16-13(18)11-10(15)12(19-3)14(20-11)17(2)8-9-6-5-7-9/h9H,4-8,15H2,1-3H3,(H,16,18). The van der Waals surface area contributed by atoms with Gasteiger partial charge in [-0.15, -0.1) is 23.1 Å². The van der Waals surface area contributed by atoms with E-state index in [1.165, 1.54) is 30.6 Å². The molecule has 4 nitrogen and oxygen atoms in total. The molecule has 1 fully saturated rings. The van der Waals surface area contributed by atoms with Gasteiger partial charge in [-0.3, -0.25) is 4.79 Å². The molecular formula is C14H23N3OS2. The number of rotatable bonds is 6. The van der Waals surface area contributed by atoms with Crippen molar-refractivity contribution in [3.63, 3.8) is 0 Å². The lowest BCUT2D eigenvalue weighted by molar-refractivity contribution is 0.0960.